The number of methoxy groups -OCH3 is 1. The highest BCUT2D eigenvalue weighted by atomic mass is 19.1. The number of aromatic hydroxyl groups is 2. The van der Waals surface area contributed by atoms with Crippen molar-refractivity contribution in [2.75, 3.05) is 42.1 Å². The summed E-state index contributed by atoms with van der Waals surface area (Å²) in [5, 5.41) is 30.2. The Morgan fingerprint density at radius 2 is 1.03 bits per heavy atom. The predicted molar refractivity (Wildman–Crippen MR) is 246 cm³/mol. The Labute approximate surface area is 365 Å². The Bertz CT molecular complexity index is 2860. The van der Waals surface area contributed by atoms with Crippen LogP contribution in [0.3, 0.4) is 0 Å². The zero-order valence-corrected chi connectivity index (χ0v) is 35.1. The van der Waals surface area contributed by atoms with Crippen LogP contribution < -0.4 is 25.6 Å². The van der Waals surface area contributed by atoms with Crippen LogP contribution in [0.5, 0.6) is 17.2 Å². The first kappa shape index (κ1) is 42.0. The van der Waals surface area contributed by atoms with Crippen molar-refractivity contribution in [2.24, 2.45) is 0 Å². The maximum absolute atomic E-state index is 13.7. The second kappa shape index (κ2) is 18.1. The Morgan fingerprint density at radius 1 is 0.556 bits per heavy atom. The van der Waals surface area contributed by atoms with Crippen molar-refractivity contribution in [3.63, 3.8) is 0 Å². The van der Waals surface area contributed by atoms with Gasteiger partial charge in [-0.25, -0.2) is 4.39 Å². The van der Waals surface area contributed by atoms with Crippen molar-refractivity contribution >= 4 is 51.2 Å². The molecular weight excluding hydrogens is 796 g/mol. The van der Waals surface area contributed by atoms with Crippen LogP contribution >= 0.6 is 0 Å². The maximum Gasteiger partial charge on any atom is 0.232 e. The number of nitrogens with zero attached hydrogens (tertiary/aromatic N) is 1. The molecule has 3 atom stereocenters. The fraction of sp³-hybridized carbons (Fsp3) is 0.173. The van der Waals surface area contributed by atoms with Crippen LogP contribution in [0.1, 0.15) is 51.1 Å². The van der Waals surface area contributed by atoms with Gasteiger partial charge in [0.2, 0.25) is 17.7 Å². The zero-order chi connectivity index (χ0) is 44.2. The number of para-hydroxylation sites is 3. The molecule has 10 nitrogen and oxygen atoms in total. The lowest BCUT2D eigenvalue weighted by Gasteiger charge is -2.18. The average Bonchev–Trinajstić information content (AvgIpc) is 3.90. The fourth-order valence-electron chi connectivity index (χ4n) is 8.59. The lowest BCUT2D eigenvalue weighted by molar-refractivity contribution is -0.117. The number of ether oxygens (including phenoxy) is 1. The van der Waals surface area contributed by atoms with E-state index in [1.54, 1.807) is 18.2 Å². The van der Waals surface area contributed by atoms with Gasteiger partial charge in [-0.2, -0.15) is 0 Å². The highest BCUT2D eigenvalue weighted by molar-refractivity contribution is 6.05. The second-order valence-corrected chi connectivity index (χ2v) is 16.0. The van der Waals surface area contributed by atoms with Gasteiger partial charge in [0, 0.05) is 48.3 Å². The van der Waals surface area contributed by atoms with Crippen LogP contribution in [0.15, 0.2) is 146 Å². The third-order valence-corrected chi connectivity index (χ3v) is 11.8. The Hall–Kier alpha value is -7.66. The molecule has 3 heterocycles. The van der Waals surface area contributed by atoms with Crippen LogP contribution in [0, 0.1) is 5.82 Å². The summed E-state index contributed by atoms with van der Waals surface area (Å²) >= 11 is 0. The molecule has 0 saturated carbocycles. The third-order valence-electron chi connectivity index (χ3n) is 11.8. The van der Waals surface area contributed by atoms with Gasteiger partial charge < -0.3 is 35.8 Å². The van der Waals surface area contributed by atoms with Crippen LogP contribution in [-0.2, 0) is 33.6 Å². The lowest BCUT2D eigenvalue weighted by Crippen LogP contribution is -2.15. The number of halogens is 1. The van der Waals surface area contributed by atoms with Crippen molar-refractivity contribution in [1.82, 2.24) is 0 Å². The molecule has 3 unspecified atom stereocenters. The van der Waals surface area contributed by atoms with Gasteiger partial charge >= 0.3 is 0 Å². The van der Waals surface area contributed by atoms with Gasteiger partial charge in [-0.3, -0.25) is 14.4 Å². The number of nitrogens with one attached hydrogen (secondary N) is 3. The number of amides is 3. The van der Waals surface area contributed by atoms with Gasteiger partial charge in [-0.05, 0) is 100 Å². The highest BCUT2D eigenvalue weighted by Crippen LogP contribution is 2.39. The van der Waals surface area contributed by atoms with E-state index in [9.17, 15) is 29.0 Å². The molecule has 7 aromatic rings. The number of phenols is 2. The largest absolute Gasteiger partial charge is 0.508 e. The number of anilines is 4. The molecule has 63 heavy (non-hydrogen) atoms. The van der Waals surface area contributed by atoms with E-state index in [0.717, 1.165) is 45.7 Å². The Balaban J connectivity index is 0.000000131. The van der Waals surface area contributed by atoms with Gasteiger partial charge in [0.25, 0.3) is 0 Å². The van der Waals surface area contributed by atoms with Crippen LogP contribution in [0.4, 0.5) is 27.1 Å². The highest BCUT2D eigenvalue weighted by Gasteiger charge is 2.33. The summed E-state index contributed by atoms with van der Waals surface area (Å²) in [6.45, 7) is 0. The number of hydrogen-bond acceptors (Lipinski definition) is 7. The standard InChI is InChI=1S/C21H20N2O.C16H14FNO2.C15H13NO3/c1-23(2)20-12-11-14(15-7-3-4-9-17(15)20)13-18-16-8-5-6-10-19(16)22-21(18)24;1-20-15-7-6-10(9-13(15)17)8-12-11-4-2-3-5-14(11)18-16(12)19;17-10-6-5-9(14(18)8-10)7-12-11-3-1-2-4-13(11)16-15(12)19/h3-12,18H,13H2,1-2H3,(H,22,24);2-7,9,12H,8H2,1H3,(H,18,19);1-6,8,12,17-18H,7H2,(H,16,19). The van der Waals surface area contributed by atoms with E-state index < -0.39 is 5.82 Å². The van der Waals surface area contributed by atoms with Gasteiger partial charge in [0.05, 0.1) is 24.9 Å². The van der Waals surface area contributed by atoms with Crippen molar-refractivity contribution in [2.45, 2.75) is 37.0 Å². The number of rotatable bonds is 8. The molecule has 3 amide bonds. The second-order valence-electron chi connectivity index (χ2n) is 16.0. The molecule has 7 aromatic carbocycles. The van der Waals surface area contributed by atoms with Crippen LogP contribution in [-0.4, -0.2) is 49.1 Å². The molecule has 0 radical (unpaired) electrons. The van der Waals surface area contributed by atoms with Gasteiger partial charge in [-0.15, -0.1) is 0 Å². The first-order valence-electron chi connectivity index (χ1n) is 20.7. The van der Waals surface area contributed by atoms with E-state index in [4.69, 9.17) is 4.74 Å². The van der Waals surface area contributed by atoms with Crippen molar-refractivity contribution in [1.29, 1.82) is 0 Å². The van der Waals surface area contributed by atoms with Crippen LogP contribution in [0.25, 0.3) is 10.8 Å². The third kappa shape index (κ3) is 8.90. The Morgan fingerprint density at radius 3 is 1.54 bits per heavy atom. The van der Waals surface area contributed by atoms with Gasteiger partial charge in [0.1, 0.15) is 11.5 Å². The number of benzene rings is 7. The zero-order valence-electron chi connectivity index (χ0n) is 35.1. The number of fused-ring (bicyclic) bond motifs is 4. The molecule has 3 aliphatic heterocycles. The van der Waals surface area contributed by atoms with Crippen molar-refractivity contribution in [3.8, 4) is 17.2 Å². The molecule has 10 rings (SSSR count). The van der Waals surface area contributed by atoms with Crippen molar-refractivity contribution < 1.29 is 33.7 Å². The van der Waals surface area contributed by atoms with E-state index in [2.05, 4.69) is 71.3 Å². The average molecular weight is 843 g/mol. The van der Waals surface area contributed by atoms with E-state index in [1.165, 1.54) is 47.3 Å². The first-order valence-corrected chi connectivity index (χ1v) is 20.7. The molecular formula is C52H47FN4O6. The molecule has 318 valence electrons. The molecule has 5 N–H and O–H groups in total. The van der Waals surface area contributed by atoms with E-state index in [-0.39, 0.29) is 52.7 Å². The molecule has 3 aliphatic rings. The lowest BCUT2D eigenvalue weighted by atomic mass is 9.90. The smallest absolute Gasteiger partial charge is 0.232 e. The number of phenolic OH excluding ortho intramolecular Hbond substituents is 2. The normalized spacial score (nSPS) is 16.6. The summed E-state index contributed by atoms with van der Waals surface area (Å²) in [6.07, 6.45) is 1.61. The topological polar surface area (TPSA) is 140 Å². The minimum atomic E-state index is -0.406. The number of hydrogen-bond donors (Lipinski definition) is 5. The van der Waals surface area contributed by atoms with Crippen LogP contribution in [0.2, 0.25) is 0 Å². The van der Waals surface area contributed by atoms with Gasteiger partial charge in [-0.1, -0.05) is 97.1 Å². The monoisotopic (exact) mass is 842 g/mol. The molecule has 0 fully saturated rings. The summed E-state index contributed by atoms with van der Waals surface area (Å²) in [4.78, 5) is 38.5. The number of carbonyl (C=O) groups is 3. The predicted octanol–water partition coefficient (Wildman–Crippen LogP) is 9.67. The summed E-state index contributed by atoms with van der Waals surface area (Å²) in [5.41, 5.74) is 9.47. The maximum atomic E-state index is 13.7. The van der Waals surface area contributed by atoms with E-state index in [0.29, 0.717) is 18.4 Å². The number of carbonyl (C=O) groups excluding carboxylic acids is 3. The fourth-order valence-corrected chi connectivity index (χ4v) is 8.59. The molecule has 0 spiro atoms. The molecule has 0 aliphatic carbocycles. The molecule has 0 aromatic heterocycles. The van der Waals surface area contributed by atoms with Crippen molar-refractivity contribution in [3.05, 3.63) is 185 Å². The molecule has 0 bridgehead atoms. The van der Waals surface area contributed by atoms with E-state index in [1.807, 2.05) is 72.8 Å². The van der Waals surface area contributed by atoms with Gasteiger partial charge in [0.15, 0.2) is 11.6 Å². The summed E-state index contributed by atoms with van der Waals surface area (Å²) in [7, 11) is 5.54. The Kier molecular flexibility index (Phi) is 12.1. The summed E-state index contributed by atoms with van der Waals surface area (Å²) in [5.74, 6) is -0.857. The summed E-state index contributed by atoms with van der Waals surface area (Å²) < 4.78 is 18.6. The molecule has 0 saturated heterocycles. The minimum Gasteiger partial charge on any atom is -0.508 e. The minimum absolute atomic E-state index is 0.0113. The first-order chi connectivity index (χ1) is 30.5. The SMILES string of the molecule is CN(C)c1ccc(CC2C(=O)Nc3ccccc32)c2ccccc12.COc1ccc(CC2C(=O)Nc3ccccc32)cc1F.O=C1Nc2ccccc2C1Cc1ccc(O)cc1O. The van der Waals surface area contributed by atoms with E-state index >= 15 is 0 Å². The quantitative estimate of drug-likeness (QED) is 0.103. The summed E-state index contributed by atoms with van der Waals surface area (Å²) in [6, 6.07) is 45.1. The molecule has 11 heteroatoms.